The molecule has 2 aromatic carbocycles. The van der Waals surface area contributed by atoms with Crippen molar-refractivity contribution in [2.75, 3.05) is 39.6 Å². The number of hydrogen-bond donors (Lipinski definition) is 0. The lowest BCUT2D eigenvalue weighted by Crippen LogP contribution is -2.34. The Morgan fingerprint density at radius 3 is 0.764 bits per heavy atom. The van der Waals surface area contributed by atoms with Crippen LogP contribution in [0.25, 0.3) is 0 Å². The lowest BCUT2D eigenvalue weighted by Gasteiger charge is -2.17. The summed E-state index contributed by atoms with van der Waals surface area (Å²) in [4.78, 5) is 52.0. The molecule has 1 aliphatic rings. The molecule has 1 aliphatic heterocycles. The van der Waals surface area contributed by atoms with Gasteiger partial charge in [-0.2, -0.15) is 0 Å². The van der Waals surface area contributed by atoms with Gasteiger partial charge in [0.05, 0.1) is 26.4 Å². The van der Waals surface area contributed by atoms with E-state index in [2.05, 4.69) is 27.7 Å². The van der Waals surface area contributed by atoms with Crippen molar-refractivity contribution in [2.45, 2.75) is 342 Å². The van der Waals surface area contributed by atoms with Crippen molar-refractivity contribution in [3.05, 3.63) is 47.5 Å². The van der Waals surface area contributed by atoms with Crippen molar-refractivity contribution in [1.82, 2.24) is 0 Å². The molecule has 0 N–H and O–H groups in total. The highest BCUT2D eigenvalue weighted by Gasteiger charge is 2.43. The molecule has 3 rings (SSSR count). The summed E-state index contributed by atoms with van der Waals surface area (Å²) in [6.07, 6.45) is 46.7. The largest absolute Gasteiger partial charge is 0.493 e. The fourth-order valence-electron chi connectivity index (χ4n) is 11.2. The van der Waals surface area contributed by atoms with Crippen molar-refractivity contribution < 1.29 is 66.5 Å². The van der Waals surface area contributed by atoms with Crippen molar-refractivity contribution in [3.63, 3.8) is 0 Å². The van der Waals surface area contributed by atoms with Crippen LogP contribution in [0, 0.1) is 0 Å². The Hall–Kier alpha value is -4.56. The van der Waals surface area contributed by atoms with Gasteiger partial charge >= 0.3 is 23.9 Å². The second-order valence-electron chi connectivity index (χ2n) is 25.5. The molecule has 0 spiro atoms. The van der Waals surface area contributed by atoms with Gasteiger partial charge in [0.1, 0.15) is 74.5 Å². The Balaban J connectivity index is 1.46. The quantitative estimate of drug-likeness (QED) is 0.0266. The summed E-state index contributed by atoms with van der Waals surface area (Å²) in [5.41, 5.74) is 1.38. The van der Waals surface area contributed by atoms with Gasteiger partial charge in [0.25, 0.3) is 0 Å². The second kappa shape index (κ2) is 53.0. The Kier molecular flexibility index (Phi) is 46.9. The van der Waals surface area contributed by atoms with E-state index in [0.29, 0.717) is 60.6 Å². The van der Waals surface area contributed by atoms with Crippen molar-refractivity contribution in [2.24, 2.45) is 0 Å². The van der Waals surface area contributed by atoms with Gasteiger partial charge in [-0.1, -0.05) is 259 Å². The average Bonchev–Trinajstić information content (AvgIpc) is 2.04. The Bertz CT molecular complexity index is 1860. The van der Waals surface area contributed by atoms with Gasteiger partial charge in [0.2, 0.25) is 0 Å². The minimum absolute atomic E-state index is 0.0814. The van der Waals surface area contributed by atoms with Gasteiger partial charge in [-0.05, 0) is 74.9 Å². The van der Waals surface area contributed by atoms with E-state index in [-0.39, 0.29) is 26.4 Å². The maximum Gasteiger partial charge on any atom is 0.317 e. The van der Waals surface area contributed by atoms with Crippen LogP contribution in [-0.4, -0.2) is 81.5 Å². The lowest BCUT2D eigenvalue weighted by molar-refractivity contribution is -0.166. The van der Waals surface area contributed by atoms with Crippen molar-refractivity contribution in [3.8, 4) is 23.0 Å². The molecule has 1 saturated heterocycles. The molecule has 0 amide bonds. The Morgan fingerprint density at radius 1 is 0.315 bits per heavy atom. The zero-order valence-corrected chi connectivity index (χ0v) is 57.2. The summed E-state index contributed by atoms with van der Waals surface area (Å²) in [7, 11) is 0. The molecule has 0 unspecified atom stereocenters. The normalized spacial score (nSPS) is 14.4. The maximum atomic E-state index is 13.0. The van der Waals surface area contributed by atoms with E-state index in [1.54, 1.807) is 13.8 Å². The highest BCUT2D eigenvalue weighted by atomic mass is 16.8. The van der Waals surface area contributed by atoms with Crippen LogP contribution in [0.3, 0.4) is 0 Å². The summed E-state index contributed by atoms with van der Waals surface area (Å²) in [5.74, 6) is -1.61. The van der Waals surface area contributed by atoms with E-state index in [0.717, 1.165) is 51.4 Å². The highest BCUT2D eigenvalue weighted by molar-refractivity contribution is 5.91. The van der Waals surface area contributed by atoms with E-state index in [9.17, 15) is 19.2 Å². The minimum atomic E-state index is -1.09. The van der Waals surface area contributed by atoms with Gasteiger partial charge in [-0.15, -0.1) is 0 Å². The number of rotatable bonds is 60. The second-order valence-corrected chi connectivity index (χ2v) is 25.5. The van der Waals surface area contributed by atoms with E-state index in [1.165, 1.54) is 205 Å². The maximum absolute atomic E-state index is 13.0. The molecule has 2 aromatic rings. The number of esters is 4. The molecule has 1 fully saturated rings. The molecule has 510 valence electrons. The molecular weight excluding hydrogens is 1120 g/mol. The number of ether oxygens (including phenoxy) is 10. The smallest absolute Gasteiger partial charge is 0.317 e. The van der Waals surface area contributed by atoms with E-state index >= 15 is 0 Å². The summed E-state index contributed by atoms with van der Waals surface area (Å²) in [5, 5.41) is 0. The minimum Gasteiger partial charge on any atom is -0.493 e. The first-order valence-corrected chi connectivity index (χ1v) is 36.2. The summed E-state index contributed by atoms with van der Waals surface area (Å²) in [6, 6.07) is 11.2. The molecule has 1 heterocycles. The van der Waals surface area contributed by atoms with E-state index < -0.39 is 54.7 Å². The molecular formula is C75H126O14. The molecule has 0 saturated carbocycles. The molecule has 0 aliphatic carbocycles. The summed E-state index contributed by atoms with van der Waals surface area (Å²) in [6.45, 7) is 14.0. The van der Waals surface area contributed by atoms with Crippen LogP contribution in [0.1, 0.15) is 322 Å². The van der Waals surface area contributed by atoms with Crippen LogP contribution in [0.4, 0.5) is 0 Å². The number of benzene rings is 2. The van der Waals surface area contributed by atoms with Crippen LogP contribution in [0.2, 0.25) is 0 Å². The van der Waals surface area contributed by atoms with Gasteiger partial charge in [0, 0.05) is 12.1 Å². The van der Waals surface area contributed by atoms with Crippen LogP contribution in [0.5, 0.6) is 23.0 Å². The molecule has 0 aromatic heterocycles. The number of carbonyl (C=O) groups excluding carboxylic acids is 4. The highest BCUT2D eigenvalue weighted by Crippen LogP contribution is 2.30. The average molecular weight is 1250 g/mol. The monoisotopic (exact) mass is 1250 g/mol. The third-order valence-corrected chi connectivity index (χ3v) is 16.4. The van der Waals surface area contributed by atoms with Gasteiger partial charge in [-0.3, -0.25) is 19.2 Å². The van der Waals surface area contributed by atoms with Crippen LogP contribution >= 0.6 is 0 Å². The van der Waals surface area contributed by atoms with Crippen LogP contribution < -0.4 is 18.9 Å². The SMILES string of the molecule is CCCCCCCCCCCCOc1cc(COC(=O)CC(=O)OC[C@@H]2OC(C)(C)O[C@H]2COC(=O)CC(=O)OCc2cc(OCCCCCCCCCCCC)cc(OCCCCCCCCCCCC)c2)cc(OCCCCCCCCCCCC)c1. The first kappa shape index (κ1) is 78.7. The molecule has 0 radical (unpaired) electrons. The number of hydrogen-bond acceptors (Lipinski definition) is 14. The number of carbonyl (C=O) groups is 4. The predicted octanol–water partition coefficient (Wildman–Crippen LogP) is 20.1. The topological polar surface area (TPSA) is 161 Å². The lowest BCUT2D eigenvalue weighted by atomic mass is 10.1. The standard InChI is InChI=1S/C75H126O14/c1-7-11-15-19-23-27-31-35-39-43-47-80-65-51-63(52-66(55-65)81-48-44-40-36-32-28-24-20-16-12-8-2)59-84-71(76)57-73(78)86-61-69-70(89-75(5,6)88-69)62-87-74(79)58-72(77)85-60-64-53-67(82-49-45-41-37-33-29-25-21-17-13-9-3)56-68(54-64)83-50-46-42-38-34-30-26-22-18-14-10-4/h51-56,69-70H,7-50,57-62H2,1-6H3/t69-,70-/m0/s1. The van der Waals surface area contributed by atoms with Crippen molar-refractivity contribution in [1.29, 1.82) is 0 Å². The Morgan fingerprint density at radius 2 is 0.528 bits per heavy atom. The molecule has 89 heavy (non-hydrogen) atoms. The fourth-order valence-corrected chi connectivity index (χ4v) is 11.2. The molecule has 14 heteroatoms. The zero-order valence-electron chi connectivity index (χ0n) is 57.2. The third-order valence-electron chi connectivity index (χ3n) is 16.4. The fraction of sp³-hybridized carbons (Fsp3) is 0.787. The first-order chi connectivity index (χ1) is 43.4. The third kappa shape index (κ3) is 43.0. The zero-order chi connectivity index (χ0) is 64.1. The van der Waals surface area contributed by atoms with E-state index in [1.807, 2.05) is 36.4 Å². The van der Waals surface area contributed by atoms with Gasteiger partial charge in [-0.25, -0.2) is 0 Å². The number of unbranched alkanes of at least 4 members (excludes halogenated alkanes) is 36. The van der Waals surface area contributed by atoms with Gasteiger partial charge in [0.15, 0.2) is 5.79 Å². The summed E-state index contributed by atoms with van der Waals surface area (Å²) >= 11 is 0. The predicted molar refractivity (Wildman–Crippen MR) is 357 cm³/mol. The van der Waals surface area contributed by atoms with E-state index in [4.69, 9.17) is 47.4 Å². The Labute approximate surface area is 540 Å². The first-order valence-electron chi connectivity index (χ1n) is 36.2. The van der Waals surface area contributed by atoms with Crippen LogP contribution in [-0.2, 0) is 60.8 Å². The summed E-state index contributed by atoms with van der Waals surface area (Å²) < 4.78 is 58.9. The van der Waals surface area contributed by atoms with Crippen LogP contribution in [0.15, 0.2) is 36.4 Å². The van der Waals surface area contributed by atoms with Gasteiger partial charge < -0.3 is 47.4 Å². The molecule has 0 bridgehead atoms. The van der Waals surface area contributed by atoms with Crippen molar-refractivity contribution >= 4 is 23.9 Å². The molecule has 2 atom stereocenters. The molecule has 14 nitrogen and oxygen atoms in total.